The largest absolute Gasteiger partial charge is 0.365 e. The van der Waals surface area contributed by atoms with Crippen LogP contribution in [0.15, 0.2) is 144 Å². The molecule has 2 aliphatic heterocycles. The van der Waals surface area contributed by atoms with Gasteiger partial charge < -0.3 is 10.2 Å². The van der Waals surface area contributed by atoms with Crippen molar-refractivity contribution in [2.24, 2.45) is 4.99 Å². The van der Waals surface area contributed by atoms with Gasteiger partial charge in [-0.25, -0.2) is 4.99 Å². The number of rotatable bonds is 4. The highest BCUT2D eigenvalue weighted by molar-refractivity contribution is 7.12. The summed E-state index contributed by atoms with van der Waals surface area (Å²) in [5, 5.41) is 9.02. The first-order chi connectivity index (χ1) is 18.6. The molecule has 0 saturated carbocycles. The van der Waals surface area contributed by atoms with Crippen LogP contribution in [0.3, 0.4) is 0 Å². The van der Waals surface area contributed by atoms with Crippen molar-refractivity contribution in [1.82, 2.24) is 5.32 Å². The predicted molar refractivity (Wildman–Crippen MR) is 162 cm³/mol. The second-order valence-electron chi connectivity index (χ2n) is 10.6. The Balaban J connectivity index is 1.35. The summed E-state index contributed by atoms with van der Waals surface area (Å²) >= 11 is 0. The van der Waals surface area contributed by atoms with Crippen LogP contribution in [0.2, 0.25) is 13.1 Å². The SMILES string of the molecule is C[Si]1(C)C(c2ccccc2)=NC2=C1NC(c1ccc3ccccc3c1)N2c1ccc(-c2ccccc2)cc1. The molecule has 184 valence electrons. The first kappa shape index (κ1) is 22.8. The van der Waals surface area contributed by atoms with Crippen LogP contribution in [0.4, 0.5) is 5.69 Å². The summed E-state index contributed by atoms with van der Waals surface area (Å²) in [5.74, 6) is 1.06. The van der Waals surface area contributed by atoms with Gasteiger partial charge in [0.05, 0.1) is 0 Å². The van der Waals surface area contributed by atoms with Crippen LogP contribution in [0.25, 0.3) is 21.9 Å². The molecule has 0 fully saturated rings. The van der Waals surface area contributed by atoms with E-state index in [4.69, 9.17) is 4.99 Å². The van der Waals surface area contributed by atoms with E-state index in [-0.39, 0.29) is 6.17 Å². The van der Waals surface area contributed by atoms with Gasteiger partial charge in [-0.3, -0.25) is 0 Å². The molecule has 1 atom stereocenters. The Morgan fingerprint density at radius 3 is 1.95 bits per heavy atom. The second-order valence-corrected chi connectivity index (χ2v) is 14.8. The van der Waals surface area contributed by atoms with E-state index in [2.05, 4.69) is 151 Å². The number of anilines is 1. The minimum Gasteiger partial charge on any atom is -0.365 e. The third-order valence-electron chi connectivity index (χ3n) is 7.81. The molecule has 0 bridgehead atoms. The number of benzene rings is 5. The van der Waals surface area contributed by atoms with E-state index < -0.39 is 8.07 Å². The van der Waals surface area contributed by atoms with Crippen LogP contribution in [-0.2, 0) is 0 Å². The Morgan fingerprint density at radius 2 is 1.24 bits per heavy atom. The normalized spacial score (nSPS) is 17.9. The number of hydrogen-bond donors (Lipinski definition) is 1. The maximum atomic E-state index is 5.37. The Hall–Kier alpha value is -4.41. The molecule has 5 aromatic carbocycles. The number of fused-ring (bicyclic) bond motifs is 1. The molecular weight excluding hydrogens is 478 g/mol. The van der Waals surface area contributed by atoms with Gasteiger partial charge in [-0.1, -0.05) is 122 Å². The summed E-state index contributed by atoms with van der Waals surface area (Å²) in [6.07, 6.45) is -0.0139. The van der Waals surface area contributed by atoms with E-state index in [1.54, 1.807) is 0 Å². The van der Waals surface area contributed by atoms with Gasteiger partial charge in [-0.2, -0.15) is 0 Å². The number of hydrogen-bond acceptors (Lipinski definition) is 3. The van der Waals surface area contributed by atoms with Crippen molar-refractivity contribution in [2.75, 3.05) is 4.90 Å². The zero-order chi connectivity index (χ0) is 25.7. The fourth-order valence-electron chi connectivity index (χ4n) is 5.79. The Labute approximate surface area is 224 Å². The average molecular weight is 508 g/mol. The Bertz CT molecular complexity index is 1700. The van der Waals surface area contributed by atoms with Crippen molar-refractivity contribution in [3.63, 3.8) is 0 Å². The van der Waals surface area contributed by atoms with E-state index in [0.717, 1.165) is 11.5 Å². The third kappa shape index (κ3) is 3.68. The molecule has 38 heavy (non-hydrogen) atoms. The maximum Gasteiger partial charge on any atom is 0.161 e. The van der Waals surface area contributed by atoms with Crippen molar-refractivity contribution in [3.05, 3.63) is 150 Å². The van der Waals surface area contributed by atoms with Gasteiger partial charge in [-0.05, 0) is 51.2 Å². The van der Waals surface area contributed by atoms with Crippen molar-refractivity contribution in [1.29, 1.82) is 0 Å². The van der Waals surface area contributed by atoms with Gasteiger partial charge in [0, 0.05) is 16.3 Å². The lowest BCUT2D eigenvalue weighted by atomic mass is 10.0. The molecule has 0 aliphatic carbocycles. The van der Waals surface area contributed by atoms with E-state index in [0.29, 0.717) is 0 Å². The molecule has 2 heterocycles. The molecule has 3 nitrogen and oxygen atoms in total. The minimum atomic E-state index is -2.03. The molecule has 0 radical (unpaired) electrons. The molecular formula is C34H29N3Si. The van der Waals surface area contributed by atoms with Crippen molar-refractivity contribution >= 4 is 29.9 Å². The topological polar surface area (TPSA) is 27.6 Å². The quantitative estimate of drug-likeness (QED) is 0.249. The van der Waals surface area contributed by atoms with Crippen LogP contribution in [0.1, 0.15) is 17.3 Å². The van der Waals surface area contributed by atoms with Gasteiger partial charge >= 0.3 is 0 Å². The number of nitrogens with one attached hydrogen (secondary N) is 1. The highest BCUT2D eigenvalue weighted by atomic mass is 28.3. The van der Waals surface area contributed by atoms with E-state index in [1.165, 1.54) is 43.7 Å². The summed E-state index contributed by atoms with van der Waals surface area (Å²) in [6, 6.07) is 45.5. The second kappa shape index (κ2) is 8.86. The molecule has 2 aliphatic rings. The minimum absolute atomic E-state index is 0.0139. The lowest BCUT2D eigenvalue weighted by Crippen LogP contribution is -2.44. The molecule has 7 rings (SSSR count). The van der Waals surface area contributed by atoms with E-state index >= 15 is 0 Å². The molecule has 5 aromatic rings. The average Bonchev–Trinajstić information content (AvgIpc) is 3.48. The van der Waals surface area contributed by atoms with Crippen molar-refractivity contribution in [2.45, 2.75) is 19.3 Å². The Kier molecular flexibility index (Phi) is 5.30. The van der Waals surface area contributed by atoms with Crippen LogP contribution < -0.4 is 10.2 Å². The summed E-state index contributed by atoms with van der Waals surface area (Å²) in [4.78, 5) is 7.77. The number of aliphatic imine (C=N–C) groups is 1. The molecule has 0 spiro atoms. The highest BCUT2D eigenvalue weighted by Crippen LogP contribution is 2.44. The van der Waals surface area contributed by atoms with Crippen LogP contribution in [-0.4, -0.2) is 13.4 Å². The lowest BCUT2D eigenvalue weighted by molar-refractivity contribution is 0.652. The standard InChI is InChI=1S/C34H29N3Si/c1-38(2)33(27-14-7-4-8-15-27)36-32-34(38)35-31(29-18-17-25-13-9-10-16-28(25)23-29)37(32)30-21-19-26(20-22-30)24-11-5-3-6-12-24/h3-23,31,35H,1-2H3. The summed E-state index contributed by atoms with van der Waals surface area (Å²) in [5.41, 5.74) is 6.05. The van der Waals surface area contributed by atoms with E-state index in [1.807, 2.05) is 0 Å². The van der Waals surface area contributed by atoms with Gasteiger partial charge in [0.15, 0.2) is 8.07 Å². The predicted octanol–water partition coefficient (Wildman–Crippen LogP) is 8.07. The first-order valence-electron chi connectivity index (χ1n) is 13.2. The van der Waals surface area contributed by atoms with Gasteiger partial charge in [0.1, 0.15) is 12.0 Å². The van der Waals surface area contributed by atoms with Gasteiger partial charge in [0.2, 0.25) is 0 Å². The molecule has 1 N–H and O–H groups in total. The van der Waals surface area contributed by atoms with Crippen LogP contribution >= 0.6 is 0 Å². The van der Waals surface area contributed by atoms with Crippen LogP contribution in [0, 0.1) is 0 Å². The molecule has 0 saturated heterocycles. The van der Waals surface area contributed by atoms with Crippen molar-refractivity contribution in [3.8, 4) is 11.1 Å². The fourth-order valence-corrected chi connectivity index (χ4v) is 8.53. The van der Waals surface area contributed by atoms with Crippen molar-refractivity contribution < 1.29 is 0 Å². The third-order valence-corrected chi connectivity index (χ3v) is 11.0. The molecule has 0 amide bonds. The van der Waals surface area contributed by atoms with E-state index in [9.17, 15) is 0 Å². The lowest BCUT2D eigenvalue weighted by Gasteiger charge is -2.31. The summed E-state index contributed by atoms with van der Waals surface area (Å²) in [7, 11) is -2.03. The maximum absolute atomic E-state index is 5.37. The van der Waals surface area contributed by atoms with Crippen LogP contribution in [0.5, 0.6) is 0 Å². The molecule has 0 aromatic heterocycles. The summed E-state index contributed by atoms with van der Waals surface area (Å²) < 4.78 is 0. The van der Waals surface area contributed by atoms with Gasteiger partial charge in [0.25, 0.3) is 0 Å². The monoisotopic (exact) mass is 507 g/mol. The fraction of sp³-hybridized carbons (Fsp3) is 0.0882. The zero-order valence-electron chi connectivity index (χ0n) is 21.6. The smallest absolute Gasteiger partial charge is 0.161 e. The Morgan fingerprint density at radius 1 is 0.632 bits per heavy atom. The zero-order valence-corrected chi connectivity index (χ0v) is 22.6. The first-order valence-corrected chi connectivity index (χ1v) is 16.2. The summed E-state index contributed by atoms with van der Waals surface area (Å²) in [6.45, 7) is 4.82. The van der Waals surface area contributed by atoms with Gasteiger partial charge in [-0.15, -0.1) is 0 Å². The highest BCUT2D eigenvalue weighted by Gasteiger charge is 2.48. The molecule has 4 heteroatoms. The molecule has 1 unspecified atom stereocenters. The number of nitrogens with zero attached hydrogens (tertiary/aromatic N) is 2.